The molecule has 0 saturated heterocycles. The molecule has 9 rings (SSSR count). The predicted molar refractivity (Wildman–Crippen MR) is 195 cm³/mol. The smallest absolute Gasteiger partial charge is 0.0998 e. The second kappa shape index (κ2) is 10.9. The fourth-order valence-electron chi connectivity index (χ4n) is 7.28. The normalized spacial score (nSPS) is 11.3. The lowest BCUT2D eigenvalue weighted by Crippen LogP contribution is -1.98. The summed E-state index contributed by atoms with van der Waals surface area (Å²) in [6.45, 7) is 0. The molecule has 0 unspecified atom stereocenters. The topological polar surface area (TPSA) is 57.4 Å². The Morgan fingerprint density at radius 2 is 0.979 bits per heavy atom. The van der Waals surface area contributed by atoms with E-state index in [0.717, 1.165) is 66.5 Å². The lowest BCUT2D eigenvalue weighted by Gasteiger charge is -2.16. The molecule has 0 aliphatic rings. The van der Waals surface area contributed by atoms with Crippen LogP contribution in [0, 0.1) is 22.7 Å². The van der Waals surface area contributed by atoms with Crippen molar-refractivity contribution in [2.24, 2.45) is 0 Å². The summed E-state index contributed by atoms with van der Waals surface area (Å²) in [6, 6.07) is 59.0. The van der Waals surface area contributed by atoms with Gasteiger partial charge in [-0.25, -0.2) is 0 Å². The number of benzene rings is 7. The van der Waals surface area contributed by atoms with Crippen LogP contribution in [0.15, 0.2) is 158 Å². The summed E-state index contributed by atoms with van der Waals surface area (Å²) in [5.41, 5.74) is 11.5. The van der Waals surface area contributed by atoms with Crippen molar-refractivity contribution < 1.29 is 0 Å². The summed E-state index contributed by atoms with van der Waals surface area (Å²) in [6.07, 6.45) is 0. The maximum atomic E-state index is 10.3. The molecule has 222 valence electrons. The number of nitriles is 2. The maximum Gasteiger partial charge on any atom is 0.0998 e. The number of para-hydroxylation sites is 4. The molecule has 0 atom stereocenters. The average Bonchev–Trinajstić information content (AvgIpc) is 3.67. The van der Waals surface area contributed by atoms with E-state index in [0.29, 0.717) is 11.1 Å². The molecular formula is C44H26N4. The van der Waals surface area contributed by atoms with Crippen LogP contribution in [0.25, 0.3) is 77.2 Å². The molecule has 7 aromatic carbocycles. The Labute approximate surface area is 277 Å². The molecule has 0 bridgehead atoms. The van der Waals surface area contributed by atoms with Gasteiger partial charge in [-0.3, -0.25) is 0 Å². The number of rotatable bonds is 4. The molecule has 0 aliphatic heterocycles. The van der Waals surface area contributed by atoms with E-state index in [-0.39, 0.29) is 0 Å². The molecular weight excluding hydrogens is 585 g/mol. The molecule has 0 amide bonds. The van der Waals surface area contributed by atoms with Crippen molar-refractivity contribution in [1.82, 2.24) is 9.13 Å². The van der Waals surface area contributed by atoms with Crippen LogP contribution in [0.2, 0.25) is 0 Å². The zero-order chi connectivity index (χ0) is 32.2. The van der Waals surface area contributed by atoms with Crippen molar-refractivity contribution in [2.45, 2.75) is 0 Å². The Balaban J connectivity index is 1.24. The fraction of sp³-hybridized carbons (Fsp3) is 0. The van der Waals surface area contributed by atoms with Crippen LogP contribution in [0.3, 0.4) is 0 Å². The van der Waals surface area contributed by atoms with Gasteiger partial charge in [0.15, 0.2) is 0 Å². The second-order valence-electron chi connectivity index (χ2n) is 12.0. The number of hydrogen-bond acceptors (Lipinski definition) is 2. The first-order chi connectivity index (χ1) is 23.7. The summed E-state index contributed by atoms with van der Waals surface area (Å²) >= 11 is 0. The minimum Gasteiger partial charge on any atom is -0.309 e. The SMILES string of the molecule is N#Cc1ccc2c3ccccc3n(-c3ccc(C#N)c(-c4cccc(-c5ccccc5-n5c6ccccc6c6ccccc65)c4)c3)c2c1. The molecule has 0 N–H and O–H groups in total. The van der Waals surface area contributed by atoms with Gasteiger partial charge in [0.05, 0.1) is 51.0 Å². The van der Waals surface area contributed by atoms with Crippen LogP contribution < -0.4 is 0 Å². The summed E-state index contributed by atoms with van der Waals surface area (Å²) in [7, 11) is 0. The molecule has 0 saturated carbocycles. The van der Waals surface area contributed by atoms with Crippen molar-refractivity contribution in [3.8, 4) is 45.8 Å². The van der Waals surface area contributed by atoms with E-state index >= 15 is 0 Å². The van der Waals surface area contributed by atoms with Crippen LogP contribution in [0.4, 0.5) is 0 Å². The quantitative estimate of drug-likeness (QED) is 0.199. The zero-order valence-corrected chi connectivity index (χ0v) is 25.8. The highest BCUT2D eigenvalue weighted by molar-refractivity contribution is 6.10. The fourth-order valence-corrected chi connectivity index (χ4v) is 7.28. The third-order valence-corrected chi connectivity index (χ3v) is 9.39. The van der Waals surface area contributed by atoms with Crippen LogP contribution >= 0.6 is 0 Å². The van der Waals surface area contributed by atoms with Gasteiger partial charge in [-0.1, -0.05) is 97.1 Å². The van der Waals surface area contributed by atoms with Crippen molar-refractivity contribution in [2.75, 3.05) is 0 Å². The highest BCUT2D eigenvalue weighted by Crippen LogP contribution is 2.39. The Morgan fingerprint density at radius 1 is 0.396 bits per heavy atom. The largest absolute Gasteiger partial charge is 0.309 e. The van der Waals surface area contributed by atoms with Gasteiger partial charge in [-0.15, -0.1) is 0 Å². The molecule has 4 heteroatoms. The van der Waals surface area contributed by atoms with E-state index in [1.807, 2.05) is 42.5 Å². The van der Waals surface area contributed by atoms with Crippen LogP contribution in [-0.4, -0.2) is 9.13 Å². The predicted octanol–water partition coefficient (Wildman–Crippen LogP) is 11.0. The van der Waals surface area contributed by atoms with Crippen LogP contribution in [0.1, 0.15) is 11.1 Å². The standard InChI is InChI=1S/C44H26N4/c45-27-29-20-23-38-37-15-2-6-17-41(37)47(44(38)24-29)33-22-21-32(28-46)39(26-33)31-11-9-10-30(25-31)34-12-1-5-16-40(34)48-42-18-7-3-13-35(42)36-14-4-8-19-43(36)48/h1-26H. The summed E-state index contributed by atoms with van der Waals surface area (Å²) < 4.78 is 4.54. The molecule has 48 heavy (non-hydrogen) atoms. The van der Waals surface area contributed by atoms with Crippen molar-refractivity contribution in [3.05, 3.63) is 169 Å². The van der Waals surface area contributed by atoms with E-state index in [9.17, 15) is 10.5 Å². The first-order valence-electron chi connectivity index (χ1n) is 15.9. The van der Waals surface area contributed by atoms with E-state index in [2.05, 4.69) is 137 Å². The third kappa shape index (κ3) is 4.14. The van der Waals surface area contributed by atoms with Gasteiger partial charge in [0.1, 0.15) is 0 Å². The zero-order valence-electron chi connectivity index (χ0n) is 25.8. The molecule has 0 radical (unpaired) electrons. The minimum atomic E-state index is 0.602. The highest BCUT2D eigenvalue weighted by atomic mass is 15.0. The van der Waals surface area contributed by atoms with E-state index in [4.69, 9.17) is 0 Å². The van der Waals surface area contributed by atoms with E-state index in [1.165, 1.54) is 10.8 Å². The van der Waals surface area contributed by atoms with E-state index < -0.39 is 0 Å². The van der Waals surface area contributed by atoms with Crippen LogP contribution in [0.5, 0.6) is 0 Å². The summed E-state index contributed by atoms with van der Waals surface area (Å²) in [5, 5.41) is 24.6. The van der Waals surface area contributed by atoms with Crippen molar-refractivity contribution >= 4 is 43.6 Å². The Kier molecular flexibility index (Phi) is 6.22. The molecule has 0 spiro atoms. The van der Waals surface area contributed by atoms with Gasteiger partial charge < -0.3 is 9.13 Å². The number of aromatic nitrogens is 2. The molecule has 2 aromatic heterocycles. The number of nitrogens with zero attached hydrogens (tertiary/aromatic N) is 4. The lowest BCUT2D eigenvalue weighted by atomic mass is 9.95. The Morgan fingerprint density at radius 3 is 1.65 bits per heavy atom. The number of fused-ring (bicyclic) bond motifs is 6. The summed E-state index contributed by atoms with van der Waals surface area (Å²) in [4.78, 5) is 0. The van der Waals surface area contributed by atoms with Gasteiger partial charge in [0.2, 0.25) is 0 Å². The maximum absolute atomic E-state index is 10.3. The van der Waals surface area contributed by atoms with Gasteiger partial charge >= 0.3 is 0 Å². The first-order valence-corrected chi connectivity index (χ1v) is 15.9. The Hall–Kier alpha value is -6.88. The molecule has 9 aromatic rings. The minimum absolute atomic E-state index is 0.602. The average molecular weight is 611 g/mol. The molecule has 2 heterocycles. The second-order valence-corrected chi connectivity index (χ2v) is 12.0. The van der Waals surface area contributed by atoms with Gasteiger partial charge in [-0.2, -0.15) is 10.5 Å². The molecule has 4 nitrogen and oxygen atoms in total. The van der Waals surface area contributed by atoms with Gasteiger partial charge in [0, 0.05) is 38.4 Å². The highest BCUT2D eigenvalue weighted by Gasteiger charge is 2.17. The monoisotopic (exact) mass is 610 g/mol. The molecule has 0 aliphatic carbocycles. The molecule has 0 fully saturated rings. The van der Waals surface area contributed by atoms with Crippen molar-refractivity contribution in [1.29, 1.82) is 10.5 Å². The van der Waals surface area contributed by atoms with Gasteiger partial charge in [0.25, 0.3) is 0 Å². The summed E-state index contributed by atoms with van der Waals surface area (Å²) in [5.74, 6) is 0. The first kappa shape index (κ1) is 27.4. The van der Waals surface area contributed by atoms with E-state index in [1.54, 1.807) is 0 Å². The van der Waals surface area contributed by atoms with Crippen molar-refractivity contribution in [3.63, 3.8) is 0 Å². The lowest BCUT2D eigenvalue weighted by molar-refractivity contribution is 1.18. The third-order valence-electron chi connectivity index (χ3n) is 9.39. The van der Waals surface area contributed by atoms with Crippen LogP contribution in [-0.2, 0) is 0 Å². The number of hydrogen-bond donors (Lipinski definition) is 0. The Bertz CT molecular complexity index is 2760. The van der Waals surface area contributed by atoms with Gasteiger partial charge in [-0.05, 0) is 71.8 Å².